The number of halogens is 4. The van der Waals surface area contributed by atoms with Gasteiger partial charge in [-0.25, -0.2) is 14.4 Å². The van der Waals surface area contributed by atoms with Crippen LogP contribution < -0.4 is 16.0 Å². The molecule has 13 heteroatoms. The molecule has 1 aliphatic carbocycles. The topological polar surface area (TPSA) is 122 Å². The van der Waals surface area contributed by atoms with Gasteiger partial charge in [-0.1, -0.05) is 12.1 Å². The van der Waals surface area contributed by atoms with E-state index >= 15 is 0 Å². The summed E-state index contributed by atoms with van der Waals surface area (Å²) in [6.07, 6.45) is 0.858. The zero-order chi connectivity index (χ0) is 31.8. The summed E-state index contributed by atoms with van der Waals surface area (Å²) in [6.45, 7) is -1.40. The first-order chi connectivity index (χ1) is 21.6. The van der Waals surface area contributed by atoms with Crippen LogP contribution in [0.4, 0.5) is 23.4 Å². The molecule has 0 atom stereocenters. The van der Waals surface area contributed by atoms with E-state index in [1.165, 1.54) is 43.4 Å². The number of nitrogens with zero attached hydrogens (tertiary/aromatic N) is 3. The number of hydrogen-bond acceptors (Lipinski definition) is 7. The highest BCUT2D eigenvalue weighted by Gasteiger charge is 2.42. The summed E-state index contributed by atoms with van der Waals surface area (Å²) in [5.41, 5.74) is 0.427. The summed E-state index contributed by atoms with van der Waals surface area (Å²) in [5.74, 6) is -1.05. The molecule has 5 aromatic rings. The van der Waals surface area contributed by atoms with Crippen LogP contribution in [0.5, 0.6) is 0 Å². The van der Waals surface area contributed by atoms with E-state index in [1.807, 2.05) is 0 Å². The van der Waals surface area contributed by atoms with Gasteiger partial charge in [0.1, 0.15) is 29.5 Å². The van der Waals surface area contributed by atoms with E-state index in [0.717, 1.165) is 6.42 Å². The molecule has 1 aliphatic rings. The van der Waals surface area contributed by atoms with Crippen LogP contribution in [0.1, 0.15) is 45.8 Å². The number of carbonyl (C=O) groups excluding carboxylic acids is 2. The van der Waals surface area contributed by atoms with E-state index in [0.29, 0.717) is 29.8 Å². The first-order valence-electron chi connectivity index (χ1n) is 14.0. The minimum atomic E-state index is -4.57. The van der Waals surface area contributed by atoms with Crippen molar-refractivity contribution in [2.75, 3.05) is 18.9 Å². The normalized spacial score (nSPS) is 14.1. The number of aromatic nitrogens is 3. The number of hydrogen-bond donors (Lipinski definition) is 3. The Hall–Kier alpha value is -5.33. The Bertz CT molecular complexity index is 1890. The van der Waals surface area contributed by atoms with Crippen molar-refractivity contribution in [3.05, 3.63) is 95.8 Å². The van der Waals surface area contributed by atoms with Crippen LogP contribution in [0.25, 0.3) is 33.6 Å². The number of nitrogens with one attached hydrogen (secondary N) is 3. The highest BCUT2D eigenvalue weighted by atomic mass is 19.4. The third-order valence-electron chi connectivity index (χ3n) is 7.69. The maximum Gasteiger partial charge on any atom is 0.405 e. The number of alkyl halides is 3. The first-order valence-corrected chi connectivity index (χ1v) is 14.0. The predicted molar refractivity (Wildman–Crippen MR) is 158 cm³/mol. The molecule has 2 amide bonds. The summed E-state index contributed by atoms with van der Waals surface area (Å²) >= 11 is 0. The van der Waals surface area contributed by atoms with Crippen LogP contribution in [-0.2, 0) is 5.54 Å². The molecule has 230 valence electrons. The highest BCUT2D eigenvalue weighted by molar-refractivity contribution is 6.11. The first kappa shape index (κ1) is 29.7. The summed E-state index contributed by atoms with van der Waals surface area (Å²) in [7, 11) is 1.42. The average molecular weight is 619 g/mol. The van der Waals surface area contributed by atoms with Crippen LogP contribution >= 0.6 is 0 Å². The number of amides is 2. The SMILES string of the molecule is CNC(=O)c1c(-c2ccc(F)cc2)oc2nc(NCC(F)(F)F)c(-c3cccc(C(=O)NC4(c5ncccn5)CCC4)c3)cc12. The number of fused-ring (bicyclic) bond motifs is 1. The molecule has 3 N–H and O–H groups in total. The Morgan fingerprint density at radius 1 is 0.956 bits per heavy atom. The van der Waals surface area contributed by atoms with E-state index in [-0.39, 0.29) is 39.4 Å². The maximum atomic E-state index is 13.6. The van der Waals surface area contributed by atoms with E-state index in [2.05, 4.69) is 30.9 Å². The molecule has 1 saturated carbocycles. The molecule has 0 unspecified atom stereocenters. The Morgan fingerprint density at radius 3 is 2.33 bits per heavy atom. The summed E-state index contributed by atoms with van der Waals surface area (Å²) in [5, 5.41) is 8.13. The highest BCUT2D eigenvalue weighted by Crippen LogP contribution is 2.41. The summed E-state index contributed by atoms with van der Waals surface area (Å²) in [6, 6.07) is 14.8. The number of furan rings is 1. The minimum absolute atomic E-state index is 0.0674. The molecule has 2 aromatic carbocycles. The van der Waals surface area contributed by atoms with Gasteiger partial charge < -0.3 is 20.4 Å². The molecule has 0 aliphatic heterocycles. The smallest absolute Gasteiger partial charge is 0.405 e. The summed E-state index contributed by atoms with van der Waals surface area (Å²) in [4.78, 5) is 39.6. The second-order valence-electron chi connectivity index (χ2n) is 10.6. The monoisotopic (exact) mass is 618 g/mol. The van der Waals surface area contributed by atoms with Gasteiger partial charge in [0, 0.05) is 36.1 Å². The van der Waals surface area contributed by atoms with Gasteiger partial charge in [-0.3, -0.25) is 9.59 Å². The molecule has 0 saturated heterocycles. The Balaban J connectivity index is 1.45. The minimum Gasteiger partial charge on any atom is -0.437 e. The molecule has 9 nitrogen and oxygen atoms in total. The molecular formula is C32H26F4N6O3. The van der Waals surface area contributed by atoms with Gasteiger partial charge in [-0.2, -0.15) is 18.2 Å². The van der Waals surface area contributed by atoms with Crippen molar-refractivity contribution in [1.82, 2.24) is 25.6 Å². The van der Waals surface area contributed by atoms with Crippen molar-refractivity contribution >= 4 is 28.7 Å². The Labute approximate surface area is 254 Å². The van der Waals surface area contributed by atoms with Crippen molar-refractivity contribution in [2.24, 2.45) is 0 Å². The van der Waals surface area contributed by atoms with Crippen LogP contribution in [0.2, 0.25) is 0 Å². The Kier molecular flexibility index (Phi) is 7.69. The van der Waals surface area contributed by atoms with Gasteiger partial charge >= 0.3 is 6.18 Å². The summed E-state index contributed by atoms with van der Waals surface area (Å²) < 4.78 is 59.5. The van der Waals surface area contributed by atoms with Crippen molar-refractivity contribution in [2.45, 2.75) is 31.0 Å². The number of benzene rings is 2. The van der Waals surface area contributed by atoms with Gasteiger partial charge in [-0.05, 0) is 73.4 Å². The van der Waals surface area contributed by atoms with Crippen LogP contribution in [-0.4, -0.2) is 46.5 Å². The molecular weight excluding hydrogens is 592 g/mol. The van der Waals surface area contributed by atoms with Gasteiger partial charge in [-0.15, -0.1) is 0 Å². The molecule has 1 fully saturated rings. The van der Waals surface area contributed by atoms with Gasteiger partial charge in [0.2, 0.25) is 5.71 Å². The molecule has 3 heterocycles. The lowest BCUT2D eigenvalue weighted by Crippen LogP contribution is -2.51. The van der Waals surface area contributed by atoms with Crippen molar-refractivity contribution in [3.63, 3.8) is 0 Å². The van der Waals surface area contributed by atoms with Crippen molar-refractivity contribution in [3.8, 4) is 22.5 Å². The van der Waals surface area contributed by atoms with Gasteiger partial charge in [0.05, 0.1) is 10.9 Å². The standard InChI is InChI=1S/C32H26F4N6O3/c1-37-28(44)24-23-16-22(26(40-17-32(34,35)36)41-29(23)45-25(24)18-7-9-21(33)10-8-18)19-5-2-6-20(15-19)27(43)42-31(11-3-12-31)30-38-13-4-14-39-30/h2,4-10,13-16H,3,11-12,17H2,1H3,(H,37,44)(H,40,41)(H,42,43). The van der Waals surface area contributed by atoms with Crippen molar-refractivity contribution in [1.29, 1.82) is 0 Å². The van der Waals surface area contributed by atoms with Crippen LogP contribution in [0.3, 0.4) is 0 Å². The van der Waals surface area contributed by atoms with Crippen molar-refractivity contribution < 1.29 is 31.6 Å². The fourth-order valence-corrected chi connectivity index (χ4v) is 5.32. The largest absolute Gasteiger partial charge is 0.437 e. The van der Waals surface area contributed by atoms with E-state index in [1.54, 1.807) is 36.7 Å². The molecule has 0 radical (unpaired) electrons. The van der Waals surface area contributed by atoms with Crippen LogP contribution in [0, 0.1) is 5.82 Å². The second-order valence-corrected chi connectivity index (χ2v) is 10.6. The predicted octanol–water partition coefficient (Wildman–Crippen LogP) is 6.23. The number of anilines is 1. The van der Waals surface area contributed by atoms with Gasteiger partial charge in [0.25, 0.3) is 11.8 Å². The lowest BCUT2D eigenvalue weighted by atomic mass is 9.75. The third-order valence-corrected chi connectivity index (χ3v) is 7.69. The molecule has 0 bridgehead atoms. The second kappa shape index (κ2) is 11.6. The molecule has 3 aromatic heterocycles. The Morgan fingerprint density at radius 2 is 1.69 bits per heavy atom. The van der Waals surface area contributed by atoms with E-state index in [9.17, 15) is 27.2 Å². The third kappa shape index (κ3) is 5.93. The van der Waals surface area contributed by atoms with E-state index in [4.69, 9.17) is 4.42 Å². The molecule has 6 rings (SSSR count). The number of carbonyl (C=O) groups is 2. The molecule has 0 spiro atoms. The quantitative estimate of drug-likeness (QED) is 0.176. The fourth-order valence-electron chi connectivity index (χ4n) is 5.32. The van der Waals surface area contributed by atoms with E-state index < -0.39 is 35.9 Å². The van der Waals surface area contributed by atoms with Gasteiger partial charge in [0.15, 0.2) is 5.82 Å². The zero-order valence-electron chi connectivity index (χ0n) is 23.8. The average Bonchev–Trinajstić information content (AvgIpc) is 3.39. The van der Waals surface area contributed by atoms with Crippen LogP contribution in [0.15, 0.2) is 77.5 Å². The fraction of sp³-hybridized carbons (Fsp3) is 0.219. The molecule has 45 heavy (non-hydrogen) atoms. The number of rotatable bonds is 8. The lowest BCUT2D eigenvalue weighted by Gasteiger charge is -2.40. The number of pyridine rings is 1. The zero-order valence-corrected chi connectivity index (χ0v) is 23.8. The lowest BCUT2D eigenvalue weighted by molar-refractivity contribution is -0.115. The maximum absolute atomic E-state index is 13.6.